The molecule has 1 aliphatic rings. The van der Waals surface area contributed by atoms with Gasteiger partial charge in [0.1, 0.15) is 5.75 Å². The number of hydrogen-bond donors (Lipinski definition) is 0. The molecule has 1 fully saturated rings. The Hall–Kier alpha value is -2.34. The number of halogens is 1. The first-order valence-corrected chi connectivity index (χ1v) is 9.70. The Morgan fingerprint density at radius 1 is 1.00 bits per heavy atom. The molecule has 0 bridgehead atoms. The number of hydrogen-bond acceptors (Lipinski definition) is 4. The minimum atomic E-state index is -0.191. The molecule has 0 saturated carbocycles. The van der Waals surface area contributed by atoms with Crippen LogP contribution in [-0.2, 0) is 14.3 Å². The number of amides is 1. The van der Waals surface area contributed by atoms with Gasteiger partial charge in [-0.2, -0.15) is 0 Å². The van der Waals surface area contributed by atoms with Gasteiger partial charge in [0.15, 0.2) is 6.61 Å². The maximum atomic E-state index is 12.3. The third-order valence-electron chi connectivity index (χ3n) is 4.78. The van der Waals surface area contributed by atoms with E-state index in [0.717, 1.165) is 15.6 Å². The van der Waals surface area contributed by atoms with Crippen LogP contribution in [0.1, 0.15) is 12.8 Å². The summed E-state index contributed by atoms with van der Waals surface area (Å²) in [5, 5.41) is 0. The molecular weight excluding hydrogens is 410 g/mol. The second kappa shape index (κ2) is 9.04. The zero-order chi connectivity index (χ0) is 19.2. The summed E-state index contributed by atoms with van der Waals surface area (Å²) < 4.78 is 11.4. The summed E-state index contributed by atoms with van der Waals surface area (Å²) in [7, 11) is 1.40. The number of benzene rings is 2. The molecule has 6 heteroatoms. The predicted octanol–water partition coefficient (Wildman–Crippen LogP) is 3.91. The molecule has 2 aromatic rings. The topological polar surface area (TPSA) is 55.8 Å². The SMILES string of the molecule is COC(=O)C1CCN(C(=O)COc2ccc(-c3ccc(Br)cc3)cc2)CC1. The second-order valence-corrected chi connectivity index (χ2v) is 7.41. The lowest BCUT2D eigenvalue weighted by atomic mass is 9.97. The molecule has 1 saturated heterocycles. The Bertz CT molecular complexity index is 781. The number of methoxy groups -OCH3 is 1. The summed E-state index contributed by atoms with van der Waals surface area (Å²) >= 11 is 3.43. The van der Waals surface area contributed by atoms with Crippen LogP contribution in [0.15, 0.2) is 53.0 Å². The van der Waals surface area contributed by atoms with E-state index in [2.05, 4.69) is 15.9 Å². The molecule has 142 valence electrons. The standard InChI is InChI=1S/C21H22BrNO4/c1-26-21(25)17-10-12-23(13-11-17)20(24)14-27-19-8-4-16(5-9-19)15-2-6-18(22)7-3-15/h2-9,17H,10-14H2,1H3. The van der Waals surface area contributed by atoms with Crippen molar-refractivity contribution in [1.82, 2.24) is 4.90 Å². The number of esters is 1. The van der Waals surface area contributed by atoms with Crippen LogP contribution in [-0.4, -0.2) is 43.6 Å². The lowest BCUT2D eigenvalue weighted by Gasteiger charge is -2.30. The molecule has 0 aliphatic carbocycles. The first-order chi connectivity index (χ1) is 13.1. The Morgan fingerprint density at radius 3 is 2.11 bits per heavy atom. The Labute approximate surface area is 167 Å². The Morgan fingerprint density at radius 2 is 1.56 bits per heavy atom. The summed E-state index contributed by atoms with van der Waals surface area (Å²) in [6, 6.07) is 15.8. The monoisotopic (exact) mass is 431 g/mol. The van der Waals surface area contributed by atoms with E-state index in [1.54, 1.807) is 4.90 Å². The van der Waals surface area contributed by atoms with Crippen LogP contribution in [0.2, 0.25) is 0 Å². The predicted molar refractivity (Wildman–Crippen MR) is 106 cm³/mol. The Balaban J connectivity index is 1.49. The summed E-state index contributed by atoms with van der Waals surface area (Å²) in [4.78, 5) is 25.6. The van der Waals surface area contributed by atoms with E-state index in [1.165, 1.54) is 7.11 Å². The number of nitrogens with zero attached hydrogens (tertiary/aromatic N) is 1. The van der Waals surface area contributed by atoms with Crippen molar-refractivity contribution in [3.05, 3.63) is 53.0 Å². The van der Waals surface area contributed by atoms with E-state index in [1.807, 2.05) is 48.5 Å². The molecule has 1 heterocycles. The van der Waals surface area contributed by atoms with E-state index in [0.29, 0.717) is 31.7 Å². The van der Waals surface area contributed by atoms with Gasteiger partial charge >= 0.3 is 5.97 Å². The minimum absolute atomic E-state index is 0.000517. The van der Waals surface area contributed by atoms with Gasteiger partial charge in [-0.15, -0.1) is 0 Å². The van der Waals surface area contributed by atoms with Crippen LogP contribution < -0.4 is 4.74 Å². The molecule has 5 nitrogen and oxygen atoms in total. The van der Waals surface area contributed by atoms with Crippen LogP contribution in [0, 0.1) is 5.92 Å². The zero-order valence-corrected chi connectivity index (χ0v) is 16.8. The first kappa shape index (κ1) is 19.4. The summed E-state index contributed by atoms with van der Waals surface area (Å²) in [6.45, 7) is 1.12. The average molecular weight is 432 g/mol. The van der Waals surface area contributed by atoms with Gasteiger partial charge in [0.05, 0.1) is 13.0 Å². The quantitative estimate of drug-likeness (QED) is 0.673. The fourth-order valence-electron chi connectivity index (χ4n) is 3.15. The highest BCUT2D eigenvalue weighted by Gasteiger charge is 2.27. The van der Waals surface area contributed by atoms with Gasteiger partial charge < -0.3 is 14.4 Å². The number of piperidine rings is 1. The Kier molecular flexibility index (Phi) is 6.50. The molecule has 0 N–H and O–H groups in total. The maximum absolute atomic E-state index is 12.3. The highest BCUT2D eigenvalue weighted by Crippen LogP contribution is 2.24. The number of rotatable bonds is 5. The zero-order valence-electron chi connectivity index (χ0n) is 15.2. The van der Waals surface area contributed by atoms with Crippen molar-refractivity contribution >= 4 is 27.8 Å². The highest BCUT2D eigenvalue weighted by atomic mass is 79.9. The molecule has 0 radical (unpaired) electrons. The number of ether oxygens (including phenoxy) is 2. The van der Waals surface area contributed by atoms with Crippen molar-refractivity contribution in [3.8, 4) is 16.9 Å². The van der Waals surface area contributed by atoms with E-state index >= 15 is 0 Å². The van der Waals surface area contributed by atoms with Gasteiger partial charge in [-0.25, -0.2) is 0 Å². The van der Waals surface area contributed by atoms with E-state index in [-0.39, 0.29) is 24.4 Å². The average Bonchev–Trinajstić information content (AvgIpc) is 2.72. The molecule has 0 atom stereocenters. The summed E-state index contributed by atoms with van der Waals surface area (Å²) in [6.07, 6.45) is 1.28. The molecule has 0 unspecified atom stereocenters. The highest BCUT2D eigenvalue weighted by molar-refractivity contribution is 9.10. The van der Waals surface area contributed by atoms with Gasteiger partial charge in [-0.05, 0) is 48.2 Å². The largest absolute Gasteiger partial charge is 0.484 e. The van der Waals surface area contributed by atoms with E-state index in [4.69, 9.17) is 9.47 Å². The fraction of sp³-hybridized carbons (Fsp3) is 0.333. The van der Waals surface area contributed by atoms with Crippen molar-refractivity contribution in [2.24, 2.45) is 5.92 Å². The molecule has 2 aromatic carbocycles. The van der Waals surface area contributed by atoms with E-state index in [9.17, 15) is 9.59 Å². The second-order valence-electron chi connectivity index (χ2n) is 6.50. The number of carbonyl (C=O) groups excluding carboxylic acids is 2. The molecule has 3 rings (SSSR count). The minimum Gasteiger partial charge on any atom is -0.484 e. The molecular formula is C21H22BrNO4. The van der Waals surface area contributed by atoms with Crippen LogP contribution in [0.3, 0.4) is 0 Å². The number of carbonyl (C=O) groups is 2. The van der Waals surface area contributed by atoms with Crippen LogP contribution >= 0.6 is 15.9 Å². The van der Waals surface area contributed by atoms with Gasteiger partial charge in [0, 0.05) is 17.6 Å². The molecule has 0 spiro atoms. The molecule has 1 aliphatic heterocycles. The van der Waals surface area contributed by atoms with Crippen molar-refractivity contribution in [2.75, 3.05) is 26.8 Å². The van der Waals surface area contributed by atoms with Gasteiger partial charge in [-0.3, -0.25) is 9.59 Å². The normalized spacial score (nSPS) is 14.7. The van der Waals surface area contributed by atoms with Crippen molar-refractivity contribution in [3.63, 3.8) is 0 Å². The number of likely N-dealkylation sites (tertiary alicyclic amines) is 1. The summed E-state index contributed by atoms with van der Waals surface area (Å²) in [5.74, 6) is 0.305. The lowest BCUT2D eigenvalue weighted by Crippen LogP contribution is -2.42. The summed E-state index contributed by atoms with van der Waals surface area (Å²) in [5.41, 5.74) is 2.21. The van der Waals surface area contributed by atoms with Gasteiger partial charge in [0.25, 0.3) is 5.91 Å². The van der Waals surface area contributed by atoms with Crippen molar-refractivity contribution in [1.29, 1.82) is 0 Å². The lowest BCUT2D eigenvalue weighted by molar-refractivity contribution is -0.149. The first-order valence-electron chi connectivity index (χ1n) is 8.91. The third-order valence-corrected chi connectivity index (χ3v) is 5.31. The molecule has 1 amide bonds. The van der Waals surface area contributed by atoms with Crippen molar-refractivity contribution < 1.29 is 19.1 Å². The van der Waals surface area contributed by atoms with Crippen LogP contribution in [0.4, 0.5) is 0 Å². The fourth-order valence-corrected chi connectivity index (χ4v) is 3.42. The van der Waals surface area contributed by atoms with Crippen molar-refractivity contribution in [2.45, 2.75) is 12.8 Å². The maximum Gasteiger partial charge on any atom is 0.308 e. The van der Waals surface area contributed by atoms with Crippen LogP contribution in [0.25, 0.3) is 11.1 Å². The van der Waals surface area contributed by atoms with E-state index < -0.39 is 0 Å². The smallest absolute Gasteiger partial charge is 0.308 e. The van der Waals surface area contributed by atoms with Crippen LogP contribution in [0.5, 0.6) is 5.75 Å². The molecule has 0 aromatic heterocycles. The van der Waals surface area contributed by atoms with Gasteiger partial charge in [0.2, 0.25) is 0 Å². The molecule has 27 heavy (non-hydrogen) atoms. The van der Waals surface area contributed by atoms with Gasteiger partial charge in [-0.1, -0.05) is 40.2 Å². The third kappa shape index (κ3) is 5.10.